The molecule has 0 amide bonds. The minimum atomic E-state index is -0.673. The van der Waals surface area contributed by atoms with Crippen molar-refractivity contribution in [2.75, 3.05) is 6.61 Å². The van der Waals surface area contributed by atoms with E-state index in [0.717, 1.165) is 0 Å². The molecule has 0 unspecified atom stereocenters. The zero-order valence-corrected chi connectivity index (χ0v) is 8.55. The number of hydrogen-bond donors (Lipinski definition) is 1. The molecule has 74 valence electrons. The fraction of sp³-hybridized carbons (Fsp3) is 0.700. The zero-order chi connectivity index (χ0) is 10.5. The van der Waals surface area contributed by atoms with Gasteiger partial charge in [-0.2, -0.15) is 0 Å². The summed E-state index contributed by atoms with van der Waals surface area (Å²) < 4.78 is 4.83. The molecule has 0 aliphatic heterocycles. The van der Waals surface area contributed by atoms with E-state index >= 15 is 0 Å². The quantitative estimate of drug-likeness (QED) is 0.487. The fourth-order valence-electron chi connectivity index (χ4n) is 0.508. The third-order valence-electron chi connectivity index (χ3n) is 1.20. The third kappa shape index (κ3) is 6.18. The van der Waals surface area contributed by atoms with Crippen LogP contribution in [0.2, 0.25) is 0 Å². The van der Waals surface area contributed by atoms with E-state index in [9.17, 15) is 4.79 Å². The van der Waals surface area contributed by atoms with Crippen LogP contribution in [0.15, 0.2) is 0 Å². The van der Waals surface area contributed by atoms with E-state index in [-0.39, 0.29) is 12.6 Å². The van der Waals surface area contributed by atoms with Crippen LogP contribution in [-0.2, 0) is 9.53 Å². The van der Waals surface area contributed by atoms with E-state index in [1.54, 1.807) is 27.7 Å². The van der Waals surface area contributed by atoms with E-state index in [1.807, 2.05) is 0 Å². The summed E-state index contributed by atoms with van der Waals surface area (Å²) in [6.45, 7) is 6.92. The topological polar surface area (TPSA) is 46.5 Å². The van der Waals surface area contributed by atoms with Crippen molar-refractivity contribution in [2.45, 2.75) is 33.8 Å². The van der Waals surface area contributed by atoms with Crippen LogP contribution in [-0.4, -0.2) is 23.8 Å². The Labute approximate surface area is 79.1 Å². The molecule has 0 aliphatic carbocycles. The summed E-state index contributed by atoms with van der Waals surface area (Å²) in [6.07, 6.45) is -0.673. The monoisotopic (exact) mass is 184 g/mol. The highest BCUT2D eigenvalue weighted by atomic mass is 16.5. The molecule has 13 heavy (non-hydrogen) atoms. The number of aliphatic hydroxyl groups is 1. The lowest BCUT2D eigenvalue weighted by Gasteiger charge is -2.14. The number of carbonyl (C=O) groups excluding carboxylic acids is 1. The summed E-state index contributed by atoms with van der Waals surface area (Å²) in [5, 5.41) is 8.76. The van der Waals surface area contributed by atoms with E-state index in [0.29, 0.717) is 0 Å². The predicted octanol–water partition coefficient (Wildman–Crippen LogP) is 0.960. The minimum Gasteiger partial charge on any atom is -0.452 e. The molecular weight excluding hydrogens is 168 g/mol. The molecule has 3 nitrogen and oxygen atoms in total. The molecule has 0 saturated heterocycles. The van der Waals surface area contributed by atoms with Crippen molar-refractivity contribution in [3.63, 3.8) is 0 Å². The molecule has 0 rings (SSSR count). The summed E-state index contributed by atoms with van der Waals surface area (Å²) in [6, 6.07) is 0. The van der Waals surface area contributed by atoms with Crippen molar-refractivity contribution in [2.24, 2.45) is 5.41 Å². The van der Waals surface area contributed by atoms with Gasteiger partial charge in [-0.05, 0) is 27.7 Å². The molecule has 1 N–H and O–H groups in total. The number of rotatable bonds is 1. The van der Waals surface area contributed by atoms with Gasteiger partial charge in [-0.25, -0.2) is 0 Å². The van der Waals surface area contributed by atoms with Crippen LogP contribution in [0.25, 0.3) is 0 Å². The molecule has 0 aromatic carbocycles. The summed E-state index contributed by atoms with van der Waals surface area (Å²) in [5.41, 5.74) is -0.494. The number of aliphatic hydroxyl groups excluding tert-OH is 1. The number of ether oxygens (including phenoxy) is 1. The van der Waals surface area contributed by atoms with E-state index in [4.69, 9.17) is 9.84 Å². The van der Waals surface area contributed by atoms with Crippen LogP contribution >= 0.6 is 0 Å². The van der Waals surface area contributed by atoms with Crippen molar-refractivity contribution in [3.8, 4) is 11.8 Å². The Bertz CT molecular complexity index is 225. The van der Waals surface area contributed by atoms with Gasteiger partial charge >= 0.3 is 5.97 Å². The molecular formula is C10H16O3. The van der Waals surface area contributed by atoms with Gasteiger partial charge in [0.25, 0.3) is 0 Å². The van der Waals surface area contributed by atoms with E-state index < -0.39 is 11.5 Å². The maximum Gasteiger partial charge on any atom is 0.312 e. The van der Waals surface area contributed by atoms with E-state index in [1.165, 1.54) is 0 Å². The standard InChI is InChI=1S/C10H16O3/c1-8(11)6-5-7-13-9(12)10(2,3)4/h8,11H,7H2,1-4H3/t8-/m1/s1. The van der Waals surface area contributed by atoms with Crippen molar-refractivity contribution in [3.05, 3.63) is 0 Å². The maximum atomic E-state index is 11.2. The number of hydrogen-bond acceptors (Lipinski definition) is 3. The average molecular weight is 184 g/mol. The molecule has 0 aromatic rings. The second-order valence-electron chi connectivity index (χ2n) is 3.82. The summed E-state index contributed by atoms with van der Waals surface area (Å²) in [4.78, 5) is 11.2. The second-order valence-corrected chi connectivity index (χ2v) is 3.82. The molecule has 3 heteroatoms. The van der Waals surface area contributed by atoms with Crippen molar-refractivity contribution < 1.29 is 14.6 Å². The molecule has 0 saturated carbocycles. The largest absolute Gasteiger partial charge is 0.452 e. The molecule has 0 fully saturated rings. The van der Waals surface area contributed by atoms with Crippen LogP contribution in [0.5, 0.6) is 0 Å². The van der Waals surface area contributed by atoms with Gasteiger partial charge in [0.05, 0.1) is 5.41 Å². The Morgan fingerprint density at radius 1 is 1.54 bits per heavy atom. The van der Waals surface area contributed by atoms with Crippen molar-refractivity contribution in [1.82, 2.24) is 0 Å². The highest BCUT2D eigenvalue weighted by Gasteiger charge is 2.22. The number of carbonyl (C=O) groups is 1. The van der Waals surface area contributed by atoms with Gasteiger partial charge in [0.15, 0.2) is 6.61 Å². The van der Waals surface area contributed by atoms with Crippen LogP contribution in [0.4, 0.5) is 0 Å². The Kier molecular flexibility index (Phi) is 4.50. The molecule has 0 bridgehead atoms. The highest BCUT2D eigenvalue weighted by Crippen LogP contribution is 2.14. The lowest BCUT2D eigenvalue weighted by atomic mass is 9.97. The van der Waals surface area contributed by atoms with Gasteiger partial charge in [-0.3, -0.25) is 4.79 Å². The van der Waals surface area contributed by atoms with Crippen molar-refractivity contribution in [1.29, 1.82) is 0 Å². The molecule has 0 heterocycles. The van der Waals surface area contributed by atoms with Crippen LogP contribution in [0, 0.1) is 17.3 Å². The Morgan fingerprint density at radius 2 is 2.08 bits per heavy atom. The van der Waals surface area contributed by atoms with Gasteiger partial charge in [-0.1, -0.05) is 11.8 Å². The average Bonchev–Trinajstić information content (AvgIpc) is 1.95. The Balaban J connectivity index is 3.81. The first-order valence-electron chi connectivity index (χ1n) is 4.17. The molecule has 0 spiro atoms. The normalized spacial score (nSPS) is 12.7. The molecule has 0 radical (unpaired) electrons. The van der Waals surface area contributed by atoms with Gasteiger partial charge in [-0.15, -0.1) is 0 Å². The van der Waals surface area contributed by atoms with Crippen LogP contribution in [0.1, 0.15) is 27.7 Å². The lowest BCUT2D eigenvalue weighted by Crippen LogP contribution is -2.23. The predicted molar refractivity (Wildman–Crippen MR) is 49.9 cm³/mol. The highest BCUT2D eigenvalue weighted by molar-refractivity contribution is 5.75. The van der Waals surface area contributed by atoms with Gasteiger partial charge in [0.2, 0.25) is 0 Å². The van der Waals surface area contributed by atoms with E-state index in [2.05, 4.69) is 11.8 Å². The first kappa shape index (κ1) is 12.0. The smallest absolute Gasteiger partial charge is 0.312 e. The van der Waals surface area contributed by atoms with Gasteiger partial charge in [0, 0.05) is 0 Å². The Morgan fingerprint density at radius 3 is 2.46 bits per heavy atom. The SMILES string of the molecule is C[C@@H](O)C#CCOC(=O)C(C)(C)C. The van der Waals surface area contributed by atoms with Crippen LogP contribution in [0.3, 0.4) is 0 Å². The third-order valence-corrected chi connectivity index (χ3v) is 1.20. The first-order valence-corrected chi connectivity index (χ1v) is 4.17. The summed E-state index contributed by atoms with van der Waals surface area (Å²) >= 11 is 0. The number of esters is 1. The second kappa shape index (κ2) is 4.88. The first-order chi connectivity index (χ1) is 5.84. The Hall–Kier alpha value is -1.01. The van der Waals surface area contributed by atoms with Crippen molar-refractivity contribution >= 4 is 5.97 Å². The summed E-state index contributed by atoms with van der Waals surface area (Å²) in [7, 11) is 0. The van der Waals surface area contributed by atoms with Gasteiger partial charge in [0.1, 0.15) is 6.10 Å². The minimum absolute atomic E-state index is 0.0427. The molecule has 0 aromatic heterocycles. The summed E-state index contributed by atoms with van der Waals surface area (Å²) in [5.74, 6) is 4.74. The fourth-order valence-corrected chi connectivity index (χ4v) is 0.508. The molecule has 1 atom stereocenters. The molecule has 0 aliphatic rings. The lowest BCUT2D eigenvalue weighted by molar-refractivity contribution is -0.151. The maximum absolute atomic E-state index is 11.2. The zero-order valence-electron chi connectivity index (χ0n) is 8.55. The van der Waals surface area contributed by atoms with Crippen LogP contribution < -0.4 is 0 Å². The van der Waals surface area contributed by atoms with Gasteiger partial charge < -0.3 is 9.84 Å².